The lowest BCUT2D eigenvalue weighted by Gasteiger charge is -2.28. The molecule has 9 rings (SSSR count). The maximum Gasteiger partial charge on any atom is 0.161 e. The molecule has 0 radical (unpaired) electrons. The van der Waals surface area contributed by atoms with E-state index in [0.717, 1.165) is 72.8 Å². The molecule has 0 aliphatic carbocycles. The zero-order chi connectivity index (χ0) is 39.1. The number of para-hydroxylation sites is 3. The molecule has 0 spiro atoms. The quantitative estimate of drug-likeness (QED) is 0.103. The number of benzene rings is 8. The molecule has 0 saturated heterocycles. The van der Waals surface area contributed by atoms with Gasteiger partial charge in [-0.1, -0.05) is 121 Å². The highest BCUT2D eigenvalue weighted by molar-refractivity contribution is 6.15. The van der Waals surface area contributed by atoms with E-state index in [2.05, 4.69) is 155 Å². The van der Waals surface area contributed by atoms with Gasteiger partial charge in [0.2, 0.25) is 0 Å². The monoisotopic (exact) mass is 749 g/mol. The van der Waals surface area contributed by atoms with E-state index in [4.69, 9.17) is 14.4 Å². The molecule has 0 bridgehead atoms. The Balaban J connectivity index is 1.07. The molecule has 0 atom stereocenters. The summed E-state index contributed by atoms with van der Waals surface area (Å²) < 4.78 is 6.61. The first-order chi connectivity index (χ1) is 28.7. The molecule has 0 N–H and O–H groups in total. The van der Waals surface area contributed by atoms with Crippen molar-refractivity contribution < 1.29 is 4.42 Å². The molecule has 0 saturated carbocycles. The van der Waals surface area contributed by atoms with E-state index in [-0.39, 0.29) is 0 Å². The third-order valence-electron chi connectivity index (χ3n) is 10.0. The first-order valence-corrected chi connectivity index (χ1v) is 19.2. The van der Waals surface area contributed by atoms with Gasteiger partial charge in [-0.15, -0.1) is 0 Å². The molecule has 0 fully saturated rings. The minimum Gasteiger partial charge on any atom is -0.456 e. The predicted molar refractivity (Wildman–Crippen MR) is 242 cm³/mol. The maximum atomic E-state index is 6.61. The molecule has 1 heterocycles. The first kappa shape index (κ1) is 35.8. The summed E-state index contributed by atoms with van der Waals surface area (Å²) in [6.07, 6.45) is 0. The lowest BCUT2D eigenvalue weighted by atomic mass is 10.1. The van der Waals surface area contributed by atoms with Crippen molar-refractivity contribution in [3.8, 4) is 0 Å². The minimum atomic E-state index is 0.468. The largest absolute Gasteiger partial charge is 0.456 e. The molecule has 9 aromatic rings. The van der Waals surface area contributed by atoms with Crippen molar-refractivity contribution in [3.05, 3.63) is 229 Å². The van der Waals surface area contributed by atoms with Crippen molar-refractivity contribution in [2.24, 2.45) is 15.0 Å². The van der Waals surface area contributed by atoms with Crippen LogP contribution in [0.25, 0.3) is 21.9 Å². The third-order valence-corrected chi connectivity index (χ3v) is 10.0. The fraction of sp³-hybridized carbons (Fsp3) is 0.0192. The van der Waals surface area contributed by atoms with Crippen LogP contribution in [0.2, 0.25) is 0 Å². The van der Waals surface area contributed by atoms with Crippen molar-refractivity contribution in [1.29, 1.82) is 0 Å². The normalized spacial score (nSPS) is 11.8. The van der Waals surface area contributed by atoms with Crippen LogP contribution in [0, 0.1) is 0 Å². The van der Waals surface area contributed by atoms with Gasteiger partial charge in [-0.3, -0.25) is 4.99 Å². The Labute approximate surface area is 338 Å². The molecule has 0 aliphatic rings. The second-order valence-corrected chi connectivity index (χ2v) is 13.8. The van der Waals surface area contributed by atoms with E-state index in [1.54, 1.807) is 0 Å². The Bertz CT molecular complexity index is 2820. The van der Waals surface area contributed by atoms with E-state index < -0.39 is 0 Å². The minimum absolute atomic E-state index is 0.468. The number of anilines is 6. The number of furan rings is 1. The molecule has 1 aromatic heterocycles. The van der Waals surface area contributed by atoms with E-state index in [9.17, 15) is 0 Å². The summed E-state index contributed by atoms with van der Waals surface area (Å²) in [5.41, 5.74) is 10.6. The second kappa shape index (κ2) is 16.5. The Kier molecular flexibility index (Phi) is 10.2. The van der Waals surface area contributed by atoms with Crippen LogP contribution in [0.4, 0.5) is 34.1 Å². The van der Waals surface area contributed by atoms with Gasteiger partial charge in [-0.05, 0) is 97.2 Å². The van der Waals surface area contributed by atoms with Crippen LogP contribution in [0.1, 0.15) is 16.7 Å². The zero-order valence-electron chi connectivity index (χ0n) is 31.8. The smallest absolute Gasteiger partial charge is 0.161 e. The molecule has 0 unspecified atom stereocenters. The second-order valence-electron chi connectivity index (χ2n) is 13.8. The van der Waals surface area contributed by atoms with Crippen molar-refractivity contribution in [2.75, 3.05) is 9.80 Å². The Morgan fingerprint density at radius 1 is 0.414 bits per heavy atom. The fourth-order valence-corrected chi connectivity index (χ4v) is 7.24. The average Bonchev–Trinajstić information content (AvgIpc) is 3.66. The predicted octanol–water partition coefficient (Wildman–Crippen LogP) is 13.6. The van der Waals surface area contributed by atoms with Crippen LogP contribution in [0.3, 0.4) is 0 Å². The van der Waals surface area contributed by atoms with Gasteiger partial charge in [0.15, 0.2) is 11.7 Å². The van der Waals surface area contributed by atoms with Crippen LogP contribution in [0.5, 0.6) is 0 Å². The van der Waals surface area contributed by atoms with Crippen LogP contribution < -0.4 is 9.80 Å². The Morgan fingerprint density at radius 3 is 1.38 bits per heavy atom. The average molecular weight is 750 g/mol. The number of rotatable bonds is 10. The van der Waals surface area contributed by atoms with Crippen LogP contribution in [-0.2, 0) is 6.54 Å². The van der Waals surface area contributed by atoms with Crippen molar-refractivity contribution in [2.45, 2.75) is 6.54 Å². The van der Waals surface area contributed by atoms with Gasteiger partial charge in [0.05, 0.1) is 6.54 Å². The highest BCUT2D eigenvalue weighted by Crippen LogP contribution is 2.41. The maximum absolute atomic E-state index is 6.61. The lowest BCUT2D eigenvalue weighted by Crippen LogP contribution is -2.12. The summed E-state index contributed by atoms with van der Waals surface area (Å²) in [5, 5.41) is 2.03. The van der Waals surface area contributed by atoms with E-state index in [1.165, 1.54) is 0 Å². The summed E-state index contributed by atoms with van der Waals surface area (Å²) in [4.78, 5) is 18.7. The highest BCUT2D eigenvalue weighted by atomic mass is 16.3. The summed E-state index contributed by atoms with van der Waals surface area (Å²) in [6, 6.07) is 72.6. The lowest BCUT2D eigenvalue weighted by molar-refractivity contribution is 0.669. The van der Waals surface area contributed by atoms with Gasteiger partial charge in [0.1, 0.15) is 11.2 Å². The van der Waals surface area contributed by atoms with E-state index in [0.29, 0.717) is 18.2 Å². The molecule has 0 amide bonds. The molecular weight excluding hydrogens is 711 g/mol. The van der Waals surface area contributed by atoms with Crippen molar-refractivity contribution in [1.82, 2.24) is 0 Å². The Morgan fingerprint density at radius 2 is 0.845 bits per heavy atom. The number of hydrogen-bond donors (Lipinski definition) is 0. The summed E-state index contributed by atoms with van der Waals surface area (Å²) in [7, 11) is 0. The molecule has 6 heteroatoms. The van der Waals surface area contributed by atoms with Crippen LogP contribution in [0.15, 0.2) is 232 Å². The van der Waals surface area contributed by atoms with Gasteiger partial charge in [-0.2, -0.15) is 0 Å². The topological polar surface area (TPSA) is 56.7 Å². The zero-order valence-corrected chi connectivity index (χ0v) is 31.8. The molecule has 58 heavy (non-hydrogen) atoms. The van der Waals surface area contributed by atoms with Crippen molar-refractivity contribution in [3.63, 3.8) is 0 Å². The molecule has 278 valence electrons. The van der Waals surface area contributed by atoms with Crippen LogP contribution >= 0.6 is 0 Å². The molecule has 8 aromatic carbocycles. The van der Waals surface area contributed by atoms with E-state index >= 15 is 0 Å². The SMILES string of the molecule is C=N/C(=N\C(=N/Cc1ccccc1)c1ccccc1)c1ccc2c(c1)oc1cc(N(c3ccccc3)c3ccc(N(c4ccccc4)c4ccccc4)cc3)ccc12. The van der Waals surface area contributed by atoms with Gasteiger partial charge in [0.25, 0.3) is 0 Å². The van der Waals surface area contributed by atoms with Gasteiger partial charge in [0, 0.05) is 62.1 Å². The van der Waals surface area contributed by atoms with Gasteiger partial charge >= 0.3 is 0 Å². The number of amidine groups is 2. The number of hydrogen-bond acceptors (Lipinski definition) is 4. The Hall–Kier alpha value is -7.83. The first-order valence-electron chi connectivity index (χ1n) is 19.2. The highest BCUT2D eigenvalue weighted by Gasteiger charge is 2.18. The molecule has 0 aliphatic heterocycles. The fourth-order valence-electron chi connectivity index (χ4n) is 7.24. The summed E-state index contributed by atoms with van der Waals surface area (Å²) in [5.74, 6) is 1.05. The van der Waals surface area contributed by atoms with Gasteiger partial charge in [-0.25, -0.2) is 9.98 Å². The van der Waals surface area contributed by atoms with E-state index in [1.807, 2.05) is 78.9 Å². The number of fused-ring (bicyclic) bond motifs is 3. The summed E-state index contributed by atoms with van der Waals surface area (Å²) in [6.45, 7) is 4.38. The molecule has 6 nitrogen and oxygen atoms in total. The van der Waals surface area contributed by atoms with Crippen LogP contribution in [-0.4, -0.2) is 18.4 Å². The van der Waals surface area contributed by atoms with Gasteiger partial charge < -0.3 is 14.2 Å². The third kappa shape index (κ3) is 7.55. The number of aliphatic imine (C=N–C) groups is 3. The molecular formula is C52H39N5O. The number of nitrogens with zero attached hydrogens (tertiary/aromatic N) is 5. The standard InChI is InChI=1S/C52H39N5O/c1-53-51(55-52(39-19-9-3-10-20-39)54-37-38-17-7-2-8-18-38)40-27-33-47-48-34-32-46(36-50(48)58-49(47)35-40)57(43-25-15-6-16-26-43)45-30-28-44(29-31-45)56(41-21-11-4-12-22-41)42-23-13-5-14-24-42/h2-36H,1,37H2/b54-52-,55-51-. The summed E-state index contributed by atoms with van der Waals surface area (Å²) >= 11 is 0. The van der Waals surface area contributed by atoms with Crippen molar-refractivity contribution >= 4 is 74.5 Å².